The highest BCUT2D eigenvalue weighted by atomic mass is 35.5. The molecule has 118 heavy (non-hydrogen) atoms. The van der Waals surface area contributed by atoms with Crippen LogP contribution in [0.1, 0.15) is 128 Å². The van der Waals surface area contributed by atoms with Crippen molar-refractivity contribution in [2.75, 3.05) is 126 Å². The quantitative estimate of drug-likeness (QED) is 0.114. The summed E-state index contributed by atoms with van der Waals surface area (Å²) >= 11 is 13.0. The van der Waals surface area contributed by atoms with Gasteiger partial charge in [-0.1, -0.05) is 54.4 Å². The summed E-state index contributed by atoms with van der Waals surface area (Å²) in [4.78, 5) is 105. The number of aryl methyl sites for hydroxylation is 4. The first-order valence-electron chi connectivity index (χ1n) is 39.7. The van der Waals surface area contributed by atoms with Gasteiger partial charge < -0.3 is 62.4 Å². The van der Waals surface area contributed by atoms with Crippen molar-refractivity contribution >= 4 is 96.1 Å². The lowest BCUT2D eigenvalue weighted by molar-refractivity contribution is -0.128. The van der Waals surface area contributed by atoms with Gasteiger partial charge in [-0.15, -0.1) is 18.9 Å². The molecule has 8 aliphatic rings. The number of anilines is 2. The Balaban J connectivity index is 0.000000205. The van der Waals surface area contributed by atoms with E-state index in [0.717, 1.165) is 69.9 Å². The first kappa shape index (κ1) is 86.1. The van der Waals surface area contributed by atoms with E-state index in [4.69, 9.17) is 61.1 Å². The van der Waals surface area contributed by atoms with Crippen molar-refractivity contribution in [2.45, 2.75) is 118 Å². The fraction of sp³-hybridized carbons (Fsp3) is 0.512. The third-order valence-corrected chi connectivity index (χ3v) is 28.5. The van der Waals surface area contributed by atoms with Crippen LogP contribution in [0.3, 0.4) is 0 Å². The maximum atomic E-state index is 15.6. The minimum atomic E-state index is -4.41. The van der Waals surface area contributed by atoms with Crippen molar-refractivity contribution in [3.8, 4) is 23.3 Å². The number of rotatable bonds is 11. The molecule has 2 saturated carbocycles. The predicted octanol–water partition coefficient (Wildman–Crippen LogP) is 10.9. The molecule has 634 valence electrons. The molecule has 14 rings (SSSR count). The van der Waals surface area contributed by atoms with Gasteiger partial charge in [0.05, 0.1) is 56.8 Å². The average Bonchev–Trinajstić information content (AvgIpc) is 1.49. The Morgan fingerprint density at radius 2 is 1.04 bits per heavy atom. The first-order valence-corrected chi connectivity index (χ1v) is 43.7. The van der Waals surface area contributed by atoms with Gasteiger partial charge in [-0.05, 0) is 183 Å². The number of fused-ring (bicyclic) bond motifs is 8. The van der Waals surface area contributed by atoms with E-state index in [2.05, 4.69) is 56.4 Å². The molecule has 4 aromatic carbocycles. The largest absolute Gasteiger partial charge is 0.490 e. The number of ether oxygens (including phenoxy) is 8. The number of aromatic nitrogens is 4. The highest BCUT2D eigenvalue weighted by molar-refractivity contribution is 7.94. The lowest BCUT2D eigenvalue weighted by atomic mass is 9.68. The Morgan fingerprint density at radius 1 is 0.576 bits per heavy atom. The van der Waals surface area contributed by atoms with Gasteiger partial charge in [-0.2, -0.15) is 0 Å². The van der Waals surface area contributed by atoms with Crippen LogP contribution in [0.15, 0.2) is 118 Å². The molecule has 34 heteroatoms. The molecule has 3 unspecified atom stereocenters. The van der Waals surface area contributed by atoms with Crippen LogP contribution >= 0.6 is 23.2 Å². The monoisotopic (exact) mass is 1700 g/mol. The van der Waals surface area contributed by atoms with E-state index >= 15 is 4.21 Å². The van der Waals surface area contributed by atoms with E-state index in [9.17, 15) is 37.8 Å². The highest BCUT2D eigenvalue weighted by Crippen LogP contribution is 2.50. The lowest BCUT2D eigenvalue weighted by Crippen LogP contribution is -2.50. The Hall–Kier alpha value is -9.73. The summed E-state index contributed by atoms with van der Waals surface area (Å²) in [5.74, 6) is -3.43. The van der Waals surface area contributed by atoms with Crippen molar-refractivity contribution < 1.29 is 79.9 Å². The number of amides is 7. The number of hydrogen-bond donors (Lipinski definition) is 2. The predicted molar refractivity (Wildman–Crippen MR) is 446 cm³/mol. The molecular weight excluding hydrogens is 1600 g/mol. The van der Waals surface area contributed by atoms with Crippen molar-refractivity contribution in [1.29, 1.82) is 0 Å². The van der Waals surface area contributed by atoms with Crippen LogP contribution < -0.4 is 38.2 Å². The molecular formula is C84H105Cl2N13O17S2. The Bertz CT molecular complexity index is 5190. The fourth-order valence-corrected chi connectivity index (χ4v) is 21.9. The number of methoxy groups -OCH3 is 4. The molecule has 30 nitrogen and oxygen atoms in total. The second-order valence-electron chi connectivity index (χ2n) is 32.7. The van der Waals surface area contributed by atoms with Crippen molar-refractivity contribution in [3.63, 3.8) is 0 Å². The van der Waals surface area contributed by atoms with Crippen molar-refractivity contribution in [2.24, 2.45) is 52.4 Å². The van der Waals surface area contributed by atoms with E-state index in [1.807, 2.05) is 30.4 Å². The number of hydrogen-bond acceptors (Lipinski definition) is 21. The SMILES string of the molecule is COc1nn(C)cc1C(=O)NS1(=O)=NC(=O)c2ccc3c(c2)N(C[C@@H]2CC[C@H]2[C@@H](OC)/C=C/[C@H](OC(=O)N(C)C)CC1C(=O)N(C)C)C[C@@]1(CCCc2cc(Cl)ccc21)CO3.COc1nn(C)cc1C(=O)NS1(=O)=NC(=O)c2ccc3c(c2)N(C[C@@H]2CC[C@H]2[C@@H](OC)/C=C/[C@H](OC(=O)N(C)C)[C@H](C)C1)C[C@@]1(CCCc2cc(Cl)ccc21)CO3. The Labute approximate surface area is 699 Å². The molecule has 4 bridgehead atoms. The molecule has 2 aromatic heterocycles. The Morgan fingerprint density at radius 3 is 1.50 bits per heavy atom. The second-order valence-corrected chi connectivity index (χ2v) is 37.7. The smallest absolute Gasteiger partial charge is 0.409 e. The van der Waals surface area contributed by atoms with Crippen molar-refractivity contribution in [1.82, 2.24) is 43.7 Å². The van der Waals surface area contributed by atoms with Crippen LogP contribution in [0.4, 0.5) is 21.0 Å². The van der Waals surface area contributed by atoms with Gasteiger partial charge in [0, 0.05) is 154 Å². The molecule has 2 N–H and O–H groups in total. The number of nitrogens with one attached hydrogen (secondary N) is 2. The first-order chi connectivity index (χ1) is 56.2. The third kappa shape index (κ3) is 18.4. The normalized spacial score (nSPS) is 28.4. The summed E-state index contributed by atoms with van der Waals surface area (Å²) in [7, 11) is 9.95. The summed E-state index contributed by atoms with van der Waals surface area (Å²) in [6, 6.07) is 22.3. The maximum absolute atomic E-state index is 15.6. The second kappa shape index (κ2) is 35.7. The van der Waals surface area contributed by atoms with Crippen LogP contribution in [-0.4, -0.2) is 230 Å². The number of carbonyl (C=O) groups is 7. The zero-order chi connectivity index (χ0) is 84.4. The molecule has 14 atom stereocenters. The van der Waals surface area contributed by atoms with Gasteiger partial charge in [0.2, 0.25) is 17.7 Å². The van der Waals surface area contributed by atoms with Gasteiger partial charge in [0.1, 0.15) is 50.0 Å². The molecule has 7 amide bonds. The summed E-state index contributed by atoms with van der Waals surface area (Å²) in [5, 5.41) is 7.97. The minimum Gasteiger partial charge on any atom is -0.490 e. The summed E-state index contributed by atoms with van der Waals surface area (Å²) < 4.78 is 94.7. The summed E-state index contributed by atoms with van der Waals surface area (Å²) in [5.41, 5.74) is 5.68. The van der Waals surface area contributed by atoms with E-state index in [0.29, 0.717) is 66.6 Å². The van der Waals surface area contributed by atoms with Gasteiger partial charge >= 0.3 is 12.2 Å². The van der Waals surface area contributed by atoms with E-state index < -0.39 is 97.5 Å². The van der Waals surface area contributed by atoms with Gasteiger partial charge in [-0.25, -0.2) is 18.0 Å². The van der Waals surface area contributed by atoms with Crippen LogP contribution in [0.25, 0.3) is 0 Å². The molecule has 4 aliphatic heterocycles. The fourth-order valence-electron chi connectivity index (χ4n) is 17.7. The molecule has 4 aliphatic carbocycles. The molecule has 0 saturated heterocycles. The van der Waals surface area contributed by atoms with Crippen LogP contribution in [-0.2, 0) is 81.3 Å². The lowest BCUT2D eigenvalue weighted by Gasteiger charge is -2.46. The number of carbonyl (C=O) groups excluding carboxylic acids is 7. The van der Waals surface area contributed by atoms with Gasteiger partial charge in [0.25, 0.3) is 23.6 Å². The summed E-state index contributed by atoms with van der Waals surface area (Å²) in [6.07, 6.45) is 14.6. The molecule has 2 spiro atoms. The van der Waals surface area contributed by atoms with E-state index in [-0.39, 0.29) is 80.4 Å². The average molecular weight is 1700 g/mol. The van der Waals surface area contributed by atoms with E-state index in [1.54, 1.807) is 97.9 Å². The zero-order valence-corrected chi connectivity index (χ0v) is 72.0. The Kier molecular flexibility index (Phi) is 26.0. The number of benzene rings is 4. The van der Waals surface area contributed by atoms with Crippen molar-refractivity contribution in [3.05, 3.63) is 164 Å². The standard InChI is InChI=1S/C43H54ClN7O9S.C41H51ClN6O8S/c1-48(2)41(54)37-21-30(60-42(55)49(3)4)13-17-35(57-6)31-14-10-28(31)22-51-24-43(18-8-9-26-19-29(44)12-15-33(26)43)25-59-36-16-11-27(20-34(36)51)38(52)46-61(37,56)47-39(53)32-23-50(5)45-40(32)58-7;1-25-22-57(52,45-38(50)31-21-47(4)43-39(31)54-6)44-37(49)27-10-14-36-33(19-27)48(23-41(24-55-36)17-7-8-26-18-29(42)11-13-32(26)41)20-28-9-12-30(28)35(53-5)16-15-34(25)56-40(51)46(2)3/h11-13,15-17,19-20,23,28,30-31,35,37H,8-10,14,18,21-22,24-25H2,1-7H3,(H,46,47,52,53,56);10-11,13-16,18-19,21,25,28,30,34-35H,7-9,12,17,20,22-24H2,1-6H3,(H,44,45,49,50,52)/b17-13+;16-15+/t28-,30-,31+,35-,37?,43-,61?;25-,28+,30-,34+,35+,41+,57?/m01/s1. The number of halogens is 2. The van der Waals surface area contributed by atoms with E-state index in [1.165, 1.54) is 101 Å². The molecule has 2 fully saturated rings. The maximum Gasteiger partial charge on any atom is 0.409 e. The zero-order valence-electron chi connectivity index (χ0n) is 68.8. The number of nitrogens with zero attached hydrogens (tertiary/aromatic N) is 11. The topological polar surface area (TPSA) is 328 Å². The van der Waals surface area contributed by atoms with Crippen LogP contribution in [0, 0.1) is 29.6 Å². The van der Waals surface area contributed by atoms with Crippen LogP contribution in [0.2, 0.25) is 10.0 Å². The summed E-state index contributed by atoms with van der Waals surface area (Å²) in [6.45, 7) is 5.09. The van der Waals surface area contributed by atoms with Crippen LogP contribution in [0.5, 0.6) is 23.3 Å². The highest BCUT2D eigenvalue weighted by Gasteiger charge is 2.48. The molecule has 0 radical (unpaired) electrons. The third-order valence-electron chi connectivity index (χ3n) is 24.0. The van der Waals surface area contributed by atoms with Gasteiger partial charge in [0.15, 0.2) is 9.92 Å². The molecule has 6 heterocycles. The van der Waals surface area contributed by atoms with Gasteiger partial charge in [-0.3, -0.25) is 42.8 Å². The minimum absolute atomic E-state index is 0.0111. The molecule has 6 aromatic rings.